The van der Waals surface area contributed by atoms with Crippen molar-refractivity contribution in [3.05, 3.63) is 24.3 Å². The molecular weight excluding hydrogens is 454 g/mol. The fraction of sp³-hybridized carbons (Fsp3) is 0.640. The third-order valence-corrected chi connectivity index (χ3v) is 9.50. The molecule has 34 heavy (non-hydrogen) atoms. The first-order chi connectivity index (χ1) is 16.3. The van der Waals surface area contributed by atoms with Gasteiger partial charge in [-0.15, -0.1) is 11.8 Å². The Labute approximate surface area is 205 Å². The number of nitrogens with one attached hydrogen (secondary N) is 1. The second-order valence-corrected chi connectivity index (χ2v) is 10.9. The van der Waals surface area contributed by atoms with E-state index in [4.69, 9.17) is 4.74 Å². The second kappa shape index (κ2) is 9.77. The minimum absolute atomic E-state index is 0.0248. The van der Waals surface area contributed by atoms with E-state index < -0.39 is 28.7 Å². The first-order valence-electron chi connectivity index (χ1n) is 12.3. The van der Waals surface area contributed by atoms with Gasteiger partial charge in [-0.2, -0.15) is 0 Å². The van der Waals surface area contributed by atoms with E-state index in [-0.39, 0.29) is 36.2 Å². The summed E-state index contributed by atoms with van der Waals surface area (Å²) in [5.74, 6) is -2.02. The summed E-state index contributed by atoms with van der Waals surface area (Å²) in [7, 11) is 0. The average molecular weight is 490 g/mol. The summed E-state index contributed by atoms with van der Waals surface area (Å²) >= 11 is 1.59. The Balaban J connectivity index is 1.63. The van der Waals surface area contributed by atoms with Gasteiger partial charge in [0, 0.05) is 29.7 Å². The Morgan fingerprint density at radius 2 is 1.94 bits per heavy atom. The summed E-state index contributed by atoms with van der Waals surface area (Å²) in [6, 6.07) is 6.41. The highest BCUT2D eigenvalue weighted by Gasteiger charge is 2.74. The Bertz CT molecular complexity index is 937. The first-order valence-corrected chi connectivity index (χ1v) is 13.1. The van der Waals surface area contributed by atoms with E-state index in [1.54, 1.807) is 25.6 Å². The van der Waals surface area contributed by atoms with Crippen molar-refractivity contribution in [2.75, 3.05) is 36.5 Å². The maximum absolute atomic E-state index is 13.7. The molecule has 4 rings (SSSR count). The molecule has 0 aliphatic carbocycles. The van der Waals surface area contributed by atoms with E-state index in [0.29, 0.717) is 12.1 Å². The first kappa shape index (κ1) is 24.9. The highest BCUT2D eigenvalue weighted by atomic mass is 32.2. The number of benzene rings is 1. The third-order valence-electron chi connectivity index (χ3n) is 7.55. The van der Waals surface area contributed by atoms with Gasteiger partial charge < -0.3 is 25.0 Å². The van der Waals surface area contributed by atoms with Crippen LogP contribution in [0.2, 0.25) is 0 Å². The number of nitrogens with zero attached hydrogens (tertiary/aromatic N) is 2. The van der Waals surface area contributed by atoms with Gasteiger partial charge in [0.25, 0.3) is 0 Å². The lowest BCUT2D eigenvalue weighted by atomic mass is 9.71. The van der Waals surface area contributed by atoms with Gasteiger partial charge in [0.2, 0.25) is 11.8 Å². The molecule has 2 N–H and O–H groups in total. The number of thioether (sulfide) groups is 1. The number of hydrogen-bond donors (Lipinski definition) is 2. The zero-order valence-corrected chi connectivity index (χ0v) is 21.1. The van der Waals surface area contributed by atoms with E-state index in [1.807, 2.05) is 24.3 Å². The Morgan fingerprint density at radius 3 is 2.53 bits per heavy atom. The Kier molecular flexibility index (Phi) is 7.14. The smallest absolute Gasteiger partial charge is 0.310 e. The summed E-state index contributed by atoms with van der Waals surface area (Å²) in [5, 5.41) is 12.9. The molecule has 1 aromatic carbocycles. The molecule has 3 fully saturated rings. The number of hydrogen-bond acceptors (Lipinski definition) is 7. The average Bonchev–Trinajstić information content (AvgIpc) is 3.48. The van der Waals surface area contributed by atoms with Gasteiger partial charge in [-0.3, -0.25) is 14.4 Å². The number of ether oxygens (including phenoxy) is 1. The van der Waals surface area contributed by atoms with Crippen LogP contribution in [-0.4, -0.2) is 76.2 Å². The van der Waals surface area contributed by atoms with E-state index in [2.05, 4.69) is 24.1 Å². The molecule has 1 aromatic rings. The molecule has 8 nitrogen and oxygen atoms in total. The van der Waals surface area contributed by atoms with Crippen molar-refractivity contribution in [2.45, 2.75) is 62.6 Å². The van der Waals surface area contributed by atoms with Crippen molar-refractivity contribution in [3.8, 4) is 0 Å². The standard InChI is InChI=1S/C25H35N3O5S/c1-5-27(6-2)17-10-8-16(9-11-17)26-22(30)21-25-13-12-18(34-25)19(24(32)33-7-3)20(25)23(31)28(21)15(4)14-29/h8-11,15,18-21,29H,5-7,12-14H2,1-4H3,(H,26,30)/t15-,18+,19-,20+,21?,25?/m1/s1. The molecule has 3 saturated heterocycles. The summed E-state index contributed by atoms with van der Waals surface area (Å²) in [4.78, 5) is 43.9. The predicted octanol–water partition coefficient (Wildman–Crippen LogP) is 2.51. The lowest BCUT2D eigenvalue weighted by molar-refractivity contribution is -0.154. The molecule has 0 aromatic heterocycles. The number of carbonyl (C=O) groups is 3. The quantitative estimate of drug-likeness (QED) is 0.514. The predicted molar refractivity (Wildman–Crippen MR) is 133 cm³/mol. The third kappa shape index (κ3) is 3.86. The lowest BCUT2D eigenvalue weighted by Gasteiger charge is -2.36. The summed E-state index contributed by atoms with van der Waals surface area (Å²) < 4.78 is 4.63. The van der Waals surface area contributed by atoms with Crippen LogP contribution in [0.5, 0.6) is 0 Å². The number of carbonyl (C=O) groups excluding carboxylic acids is 3. The van der Waals surface area contributed by atoms with Gasteiger partial charge in [-0.05, 0) is 64.8 Å². The van der Waals surface area contributed by atoms with E-state index in [1.165, 1.54) is 4.90 Å². The number of aliphatic hydroxyl groups is 1. The van der Waals surface area contributed by atoms with Crippen molar-refractivity contribution in [2.24, 2.45) is 11.8 Å². The number of likely N-dealkylation sites (tertiary alicyclic amines) is 1. The van der Waals surface area contributed by atoms with E-state index in [9.17, 15) is 19.5 Å². The SMILES string of the molecule is CCOC(=O)[C@@H]1[C@@H]2CCC3(S2)C(C(=O)Nc2ccc(N(CC)CC)cc2)N([C@H](C)CO)C(=O)[C@H]13. The topological polar surface area (TPSA) is 99.2 Å². The van der Waals surface area contributed by atoms with Gasteiger partial charge in [-0.25, -0.2) is 0 Å². The maximum Gasteiger partial charge on any atom is 0.310 e. The number of fused-ring (bicyclic) bond motifs is 1. The lowest BCUT2D eigenvalue weighted by Crippen LogP contribution is -2.54. The number of rotatable bonds is 9. The Hall–Kier alpha value is -2.26. The van der Waals surface area contributed by atoms with Gasteiger partial charge in [-0.1, -0.05) is 0 Å². The van der Waals surface area contributed by atoms with Crippen molar-refractivity contribution in [1.29, 1.82) is 0 Å². The molecule has 186 valence electrons. The van der Waals surface area contributed by atoms with Gasteiger partial charge in [0.1, 0.15) is 6.04 Å². The molecular formula is C25H35N3O5S. The van der Waals surface area contributed by atoms with Crippen LogP contribution >= 0.6 is 11.8 Å². The van der Waals surface area contributed by atoms with Crippen molar-refractivity contribution >= 4 is 40.9 Å². The van der Waals surface area contributed by atoms with Gasteiger partial charge in [0.05, 0.1) is 35.8 Å². The van der Waals surface area contributed by atoms with Crippen LogP contribution in [0.3, 0.4) is 0 Å². The monoisotopic (exact) mass is 489 g/mol. The minimum atomic E-state index is -0.760. The van der Waals surface area contributed by atoms with Gasteiger partial charge in [0.15, 0.2) is 0 Å². The minimum Gasteiger partial charge on any atom is -0.466 e. The van der Waals surface area contributed by atoms with Crippen LogP contribution in [0.4, 0.5) is 11.4 Å². The van der Waals surface area contributed by atoms with Gasteiger partial charge >= 0.3 is 5.97 Å². The summed E-state index contributed by atoms with van der Waals surface area (Å²) in [6.07, 6.45) is 1.45. The molecule has 3 heterocycles. The van der Waals surface area contributed by atoms with Crippen LogP contribution in [0.1, 0.15) is 40.5 Å². The number of amides is 2. The van der Waals surface area contributed by atoms with Crippen LogP contribution < -0.4 is 10.2 Å². The molecule has 2 bridgehead atoms. The molecule has 6 atom stereocenters. The van der Waals surface area contributed by atoms with Crippen LogP contribution in [0.15, 0.2) is 24.3 Å². The fourth-order valence-electron chi connectivity index (χ4n) is 6.01. The molecule has 3 aliphatic rings. The van der Waals surface area contributed by atoms with Crippen molar-refractivity contribution in [1.82, 2.24) is 4.90 Å². The summed E-state index contributed by atoms with van der Waals surface area (Å²) in [6.45, 7) is 9.48. The number of esters is 1. The molecule has 2 unspecified atom stereocenters. The molecule has 2 amide bonds. The molecule has 3 aliphatic heterocycles. The van der Waals surface area contributed by atoms with Crippen molar-refractivity contribution in [3.63, 3.8) is 0 Å². The van der Waals surface area contributed by atoms with Crippen LogP contribution in [-0.2, 0) is 19.1 Å². The highest BCUT2D eigenvalue weighted by molar-refractivity contribution is 8.02. The normalized spacial score (nSPS) is 30.3. The zero-order valence-electron chi connectivity index (χ0n) is 20.3. The number of anilines is 2. The number of aliphatic hydroxyl groups excluding tert-OH is 1. The largest absolute Gasteiger partial charge is 0.466 e. The fourth-order valence-corrected chi connectivity index (χ4v) is 8.21. The second-order valence-electron chi connectivity index (χ2n) is 9.29. The Morgan fingerprint density at radius 1 is 1.26 bits per heavy atom. The highest BCUT2D eigenvalue weighted by Crippen LogP contribution is 2.66. The summed E-state index contributed by atoms with van der Waals surface area (Å²) in [5.41, 5.74) is 1.74. The van der Waals surface area contributed by atoms with E-state index >= 15 is 0 Å². The molecule has 0 radical (unpaired) electrons. The molecule has 0 saturated carbocycles. The maximum atomic E-state index is 13.7. The zero-order chi connectivity index (χ0) is 24.6. The molecule has 9 heteroatoms. The van der Waals surface area contributed by atoms with Crippen LogP contribution in [0, 0.1) is 11.8 Å². The van der Waals surface area contributed by atoms with Crippen LogP contribution in [0.25, 0.3) is 0 Å². The molecule has 1 spiro atoms. The van der Waals surface area contributed by atoms with E-state index in [0.717, 1.165) is 25.2 Å². The van der Waals surface area contributed by atoms with Crippen molar-refractivity contribution < 1.29 is 24.2 Å².